The van der Waals surface area contributed by atoms with Gasteiger partial charge in [0.2, 0.25) is 0 Å². The van der Waals surface area contributed by atoms with Crippen molar-refractivity contribution in [3.8, 4) is 0 Å². The van der Waals surface area contributed by atoms with Crippen molar-refractivity contribution < 1.29 is 36.2 Å². The van der Waals surface area contributed by atoms with E-state index in [0.29, 0.717) is 0 Å². The van der Waals surface area contributed by atoms with E-state index in [0.717, 1.165) is 30.2 Å². The third kappa shape index (κ3) is 5.84. The van der Waals surface area contributed by atoms with Crippen molar-refractivity contribution in [2.24, 2.45) is 11.3 Å². The number of rotatable bonds is 7. The first-order valence-corrected chi connectivity index (χ1v) is 11.9. The van der Waals surface area contributed by atoms with Crippen LogP contribution in [0.1, 0.15) is 57.1 Å². The zero-order chi connectivity index (χ0) is 26.2. The summed E-state index contributed by atoms with van der Waals surface area (Å²) in [6.07, 6.45) is -9.62. The fourth-order valence-electron chi connectivity index (χ4n) is 4.93. The van der Waals surface area contributed by atoms with Gasteiger partial charge in [-0.3, -0.25) is 4.79 Å². The molecule has 0 bridgehead atoms. The standard InChI is InChI=1S/C23H27F6N3O2S/c1-4-17(33)35-19-30-13-31-32(19)12-21(34)16(9-10-20(21,2)3)18(23(27,28)29)15-8-6-5-7-14(15)11-22(24,25)26/h5-8,13,16,18,34H,4,9-12H2,1-3H3. The molecular weight excluding hydrogens is 496 g/mol. The first-order valence-electron chi connectivity index (χ1n) is 11.1. The van der Waals surface area contributed by atoms with Gasteiger partial charge in [-0.05, 0) is 41.1 Å². The number of nitrogens with zero attached hydrogens (tertiary/aromatic N) is 3. The van der Waals surface area contributed by atoms with Crippen LogP contribution in [0.2, 0.25) is 0 Å². The number of aromatic nitrogens is 3. The molecule has 0 aliphatic heterocycles. The molecule has 194 valence electrons. The van der Waals surface area contributed by atoms with E-state index in [1.165, 1.54) is 16.8 Å². The smallest absolute Gasteiger partial charge is 0.387 e. The van der Waals surface area contributed by atoms with Crippen LogP contribution in [-0.4, -0.2) is 42.9 Å². The van der Waals surface area contributed by atoms with E-state index in [9.17, 15) is 36.2 Å². The van der Waals surface area contributed by atoms with Gasteiger partial charge in [-0.1, -0.05) is 45.0 Å². The highest BCUT2D eigenvalue weighted by Gasteiger charge is 2.62. The van der Waals surface area contributed by atoms with Gasteiger partial charge < -0.3 is 5.11 Å². The van der Waals surface area contributed by atoms with Crippen LogP contribution in [0.25, 0.3) is 0 Å². The molecule has 12 heteroatoms. The number of hydrogen-bond donors (Lipinski definition) is 1. The van der Waals surface area contributed by atoms with Crippen LogP contribution in [0.15, 0.2) is 35.7 Å². The van der Waals surface area contributed by atoms with E-state index >= 15 is 0 Å². The number of thioether (sulfide) groups is 1. The molecule has 1 aliphatic carbocycles. The third-order valence-electron chi connectivity index (χ3n) is 6.87. The van der Waals surface area contributed by atoms with Gasteiger partial charge in [0, 0.05) is 12.3 Å². The molecule has 1 fully saturated rings. The monoisotopic (exact) mass is 523 g/mol. The lowest BCUT2D eigenvalue weighted by Crippen LogP contribution is -2.52. The highest BCUT2D eigenvalue weighted by atomic mass is 32.2. The second kappa shape index (κ2) is 9.76. The van der Waals surface area contributed by atoms with Crippen molar-refractivity contribution >= 4 is 16.9 Å². The van der Waals surface area contributed by atoms with Gasteiger partial charge in [0.15, 0.2) is 10.3 Å². The number of aliphatic hydroxyl groups is 1. The Labute approximate surface area is 203 Å². The number of alkyl halides is 6. The molecule has 3 atom stereocenters. The summed E-state index contributed by atoms with van der Waals surface area (Å²) in [6, 6.07) is 4.65. The van der Waals surface area contributed by atoms with E-state index < -0.39 is 59.3 Å². The summed E-state index contributed by atoms with van der Waals surface area (Å²) in [5, 5.41) is 15.8. The Morgan fingerprint density at radius 2 is 1.89 bits per heavy atom. The highest BCUT2D eigenvalue weighted by molar-refractivity contribution is 8.13. The molecule has 2 aromatic rings. The third-order valence-corrected chi connectivity index (χ3v) is 7.88. The summed E-state index contributed by atoms with van der Waals surface area (Å²) in [5.74, 6) is -3.78. The summed E-state index contributed by atoms with van der Waals surface area (Å²) in [6.45, 7) is 4.51. The van der Waals surface area contributed by atoms with E-state index in [1.807, 2.05) is 0 Å². The Kier molecular flexibility index (Phi) is 7.67. The molecule has 1 N–H and O–H groups in total. The zero-order valence-corrected chi connectivity index (χ0v) is 20.3. The maximum Gasteiger partial charge on any atom is 0.396 e. The fourth-order valence-corrected chi connectivity index (χ4v) is 5.59. The molecule has 0 amide bonds. The number of carbonyl (C=O) groups is 1. The number of halogens is 6. The van der Waals surface area contributed by atoms with Crippen LogP contribution in [0.3, 0.4) is 0 Å². The molecular formula is C23H27F6N3O2S. The minimum atomic E-state index is -4.92. The molecule has 1 aromatic carbocycles. The summed E-state index contributed by atoms with van der Waals surface area (Å²) < 4.78 is 84.5. The molecule has 0 spiro atoms. The lowest BCUT2D eigenvalue weighted by Gasteiger charge is -2.44. The van der Waals surface area contributed by atoms with Crippen LogP contribution in [0.5, 0.6) is 0 Å². The summed E-state index contributed by atoms with van der Waals surface area (Å²) >= 11 is 0.772. The fraction of sp³-hybridized carbons (Fsp3) is 0.609. The van der Waals surface area contributed by atoms with Gasteiger partial charge in [-0.15, -0.1) is 0 Å². The van der Waals surface area contributed by atoms with Crippen molar-refractivity contribution in [3.05, 3.63) is 41.7 Å². The van der Waals surface area contributed by atoms with Crippen LogP contribution in [0.4, 0.5) is 26.3 Å². The zero-order valence-electron chi connectivity index (χ0n) is 19.5. The van der Waals surface area contributed by atoms with Crippen LogP contribution < -0.4 is 0 Å². The molecule has 5 nitrogen and oxygen atoms in total. The molecule has 3 rings (SSSR count). The SMILES string of the molecule is CCC(=O)Sc1ncnn1CC1(O)C(C(c2ccccc2CC(F)(F)F)C(F)(F)F)CCC1(C)C. The van der Waals surface area contributed by atoms with Gasteiger partial charge in [0.25, 0.3) is 0 Å². The first-order chi connectivity index (χ1) is 16.1. The molecule has 1 heterocycles. The molecule has 1 saturated carbocycles. The van der Waals surface area contributed by atoms with E-state index in [2.05, 4.69) is 10.1 Å². The molecule has 3 unspecified atom stereocenters. The first kappa shape index (κ1) is 27.5. The summed E-state index contributed by atoms with van der Waals surface area (Å²) in [7, 11) is 0. The van der Waals surface area contributed by atoms with Gasteiger partial charge in [-0.2, -0.15) is 31.4 Å². The normalized spacial score (nSPS) is 23.4. The van der Waals surface area contributed by atoms with Crippen molar-refractivity contribution in [3.63, 3.8) is 0 Å². The summed E-state index contributed by atoms with van der Waals surface area (Å²) in [5.41, 5.74) is -3.99. The average Bonchev–Trinajstić information content (AvgIpc) is 3.24. The molecule has 1 aromatic heterocycles. The van der Waals surface area contributed by atoms with Crippen LogP contribution >= 0.6 is 11.8 Å². The predicted molar refractivity (Wildman–Crippen MR) is 118 cm³/mol. The minimum absolute atomic E-state index is 0.0565. The lowest BCUT2D eigenvalue weighted by molar-refractivity contribution is -0.192. The quantitative estimate of drug-likeness (QED) is 0.360. The Balaban J connectivity index is 2.09. The second-order valence-corrected chi connectivity index (χ2v) is 10.5. The maximum absolute atomic E-state index is 14.6. The van der Waals surface area contributed by atoms with Gasteiger partial charge in [-0.25, -0.2) is 9.67 Å². The Morgan fingerprint density at radius 1 is 1.23 bits per heavy atom. The van der Waals surface area contributed by atoms with Crippen LogP contribution in [-0.2, 0) is 17.8 Å². The predicted octanol–water partition coefficient (Wildman–Crippen LogP) is 5.93. The van der Waals surface area contributed by atoms with Crippen molar-refractivity contribution in [1.82, 2.24) is 14.8 Å². The Bertz CT molecular complexity index is 1050. The van der Waals surface area contributed by atoms with Gasteiger partial charge in [0.1, 0.15) is 6.33 Å². The van der Waals surface area contributed by atoms with E-state index in [4.69, 9.17) is 0 Å². The summed E-state index contributed by atoms with van der Waals surface area (Å²) in [4.78, 5) is 15.9. The molecule has 0 radical (unpaired) electrons. The van der Waals surface area contributed by atoms with Crippen molar-refractivity contribution in [2.45, 2.75) is 82.0 Å². The van der Waals surface area contributed by atoms with Gasteiger partial charge in [0.05, 0.1) is 24.5 Å². The average molecular weight is 524 g/mol. The number of benzene rings is 1. The van der Waals surface area contributed by atoms with E-state index in [-0.39, 0.29) is 29.5 Å². The highest BCUT2D eigenvalue weighted by Crippen LogP contribution is 2.59. The number of hydrogen-bond acceptors (Lipinski definition) is 5. The molecule has 35 heavy (non-hydrogen) atoms. The van der Waals surface area contributed by atoms with Gasteiger partial charge >= 0.3 is 12.4 Å². The topological polar surface area (TPSA) is 68.0 Å². The van der Waals surface area contributed by atoms with Crippen molar-refractivity contribution in [1.29, 1.82) is 0 Å². The maximum atomic E-state index is 14.6. The number of carbonyl (C=O) groups excluding carboxylic acids is 1. The van der Waals surface area contributed by atoms with Crippen molar-refractivity contribution in [2.75, 3.05) is 0 Å². The minimum Gasteiger partial charge on any atom is -0.387 e. The van der Waals surface area contributed by atoms with Crippen LogP contribution in [0, 0.1) is 11.3 Å². The molecule has 1 aliphatic rings. The lowest BCUT2D eigenvalue weighted by atomic mass is 9.68. The Hall–Kier alpha value is -2.08. The van der Waals surface area contributed by atoms with E-state index in [1.54, 1.807) is 20.8 Å². The second-order valence-electron chi connectivity index (χ2n) is 9.49. The Morgan fingerprint density at radius 3 is 2.49 bits per heavy atom. The molecule has 0 saturated heterocycles. The largest absolute Gasteiger partial charge is 0.396 e.